The molecule has 1 amide bonds. The van der Waals surface area contributed by atoms with Crippen molar-refractivity contribution in [2.45, 2.75) is 19.4 Å². The van der Waals surface area contributed by atoms with E-state index in [9.17, 15) is 4.79 Å². The third-order valence-electron chi connectivity index (χ3n) is 4.61. The van der Waals surface area contributed by atoms with Gasteiger partial charge in [-0.2, -0.15) is 0 Å². The molecule has 0 saturated heterocycles. The molecule has 0 spiro atoms. The maximum atomic E-state index is 12.5. The van der Waals surface area contributed by atoms with E-state index in [0.717, 1.165) is 19.5 Å². The highest BCUT2D eigenvalue weighted by Gasteiger charge is 2.27. The first kappa shape index (κ1) is 16.7. The summed E-state index contributed by atoms with van der Waals surface area (Å²) in [5, 5.41) is 3.51. The number of anilines is 1. The summed E-state index contributed by atoms with van der Waals surface area (Å²) in [6.45, 7) is 3.79. The Balaban J connectivity index is 1.62. The summed E-state index contributed by atoms with van der Waals surface area (Å²) in [4.78, 5) is 13.8. The van der Waals surface area contributed by atoms with Crippen molar-refractivity contribution in [3.05, 3.63) is 71.3 Å². The first-order chi connectivity index (χ1) is 11.6. The fraction of sp³-hybridized carbons (Fsp3) is 0.250. The monoisotopic (exact) mass is 341 g/mol. The Labute approximate surface area is 147 Å². The zero-order valence-corrected chi connectivity index (χ0v) is 14.5. The van der Waals surface area contributed by atoms with Gasteiger partial charge in [-0.25, -0.2) is 0 Å². The number of quaternary nitrogens is 1. The van der Waals surface area contributed by atoms with Crippen molar-refractivity contribution in [3.63, 3.8) is 0 Å². The maximum absolute atomic E-state index is 12.5. The summed E-state index contributed by atoms with van der Waals surface area (Å²) in [5.74, 6) is 0.00895. The summed E-state index contributed by atoms with van der Waals surface area (Å²) in [6.07, 6.45) is 3.25. The smallest absolute Gasteiger partial charge is 0.282 e. The highest BCUT2D eigenvalue weighted by Crippen LogP contribution is 2.21. The molecule has 24 heavy (non-hydrogen) atoms. The molecule has 1 aliphatic heterocycles. The van der Waals surface area contributed by atoms with Crippen molar-refractivity contribution in [3.8, 4) is 0 Å². The summed E-state index contributed by atoms with van der Waals surface area (Å²) in [7, 11) is 0. The lowest BCUT2D eigenvalue weighted by Crippen LogP contribution is -3.17. The molecule has 1 heterocycles. The Hall–Kier alpha value is -2.10. The quantitative estimate of drug-likeness (QED) is 0.880. The lowest BCUT2D eigenvalue weighted by molar-refractivity contribution is -0.909. The van der Waals surface area contributed by atoms with Crippen LogP contribution in [0.1, 0.15) is 18.9 Å². The molecule has 2 atom stereocenters. The van der Waals surface area contributed by atoms with Crippen molar-refractivity contribution in [2.24, 2.45) is 0 Å². The SMILES string of the molecule is C[C@@H](C(=O)Nc1ccccc1Cl)[NH+]1CC=C(c2ccccc2)CC1. The molecular weight excluding hydrogens is 320 g/mol. The van der Waals surface area contributed by atoms with Crippen LogP contribution in [0.5, 0.6) is 0 Å². The van der Waals surface area contributed by atoms with E-state index >= 15 is 0 Å². The van der Waals surface area contributed by atoms with Crippen LogP contribution in [-0.2, 0) is 4.79 Å². The predicted octanol–water partition coefficient (Wildman–Crippen LogP) is 3.04. The Kier molecular flexibility index (Phi) is 5.34. The van der Waals surface area contributed by atoms with Crippen molar-refractivity contribution >= 4 is 28.8 Å². The normalized spacial score (nSPS) is 18.6. The molecule has 0 aromatic heterocycles. The Morgan fingerprint density at radius 2 is 1.83 bits per heavy atom. The minimum atomic E-state index is -0.116. The van der Waals surface area contributed by atoms with Gasteiger partial charge in [0.2, 0.25) is 0 Å². The Morgan fingerprint density at radius 1 is 1.12 bits per heavy atom. The van der Waals surface area contributed by atoms with Gasteiger partial charge in [-0.1, -0.05) is 54.1 Å². The van der Waals surface area contributed by atoms with Gasteiger partial charge in [0.15, 0.2) is 6.04 Å². The van der Waals surface area contributed by atoms with Crippen LogP contribution in [0.15, 0.2) is 60.7 Å². The summed E-state index contributed by atoms with van der Waals surface area (Å²) < 4.78 is 0. The zero-order chi connectivity index (χ0) is 16.9. The number of carbonyl (C=O) groups is 1. The second-order valence-corrected chi connectivity index (χ2v) is 6.56. The lowest BCUT2D eigenvalue weighted by Gasteiger charge is -2.28. The van der Waals surface area contributed by atoms with E-state index in [1.807, 2.05) is 31.2 Å². The number of halogens is 1. The topological polar surface area (TPSA) is 33.5 Å². The number of hydrogen-bond acceptors (Lipinski definition) is 1. The van der Waals surface area contributed by atoms with Gasteiger partial charge in [-0.3, -0.25) is 4.79 Å². The molecule has 3 rings (SSSR count). The fourth-order valence-corrected chi connectivity index (χ4v) is 3.23. The van der Waals surface area contributed by atoms with Gasteiger partial charge in [0.1, 0.15) is 0 Å². The van der Waals surface area contributed by atoms with Gasteiger partial charge in [0.25, 0.3) is 5.91 Å². The molecule has 0 aliphatic carbocycles. The Bertz CT molecular complexity index is 742. The van der Waals surface area contributed by atoms with Gasteiger partial charge in [0, 0.05) is 6.42 Å². The molecule has 0 saturated carbocycles. The van der Waals surface area contributed by atoms with Crippen molar-refractivity contribution in [2.75, 3.05) is 18.4 Å². The third-order valence-corrected chi connectivity index (χ3v) is 4.94. The minimum absolute atomic E-state index is 0.00895. The summed E-state index contributed by atoms with van der Waals surface area (Å²) in [5.41, 5.74) is 3.33. The average Bonchev–Trinajstić information content (AvgIpc) is 2.64. The molecule has 124 valence electrons. The number of rotatable bonds is 4. The Morgan fingerprint density at radius 3 is 2.50 bits per heavy atom. The van der Waals surface area contributed by atoms with E-state index in [-0.39, 0.29) is 11.9 Å². The molecule has 1 unspecified atom stereocenters. The van der Waals surface area contributed by atoms with Crippen LogP contribution in [0.4, 0.5) is 5.69 Å². The van der Waals surface area contributed by atoms with E-state index in [0.29, 0.717) is 10.7 Å². The number of carbonyl (C=O) groups excluding carboxylic acids is 1. The minimum Gasteiger partial charge on any atom is -0.321 e. The van der Waals surface area contributed by atoms with Crippen LogP contribution < -0.4 is 10.2 Å². The van der Waals surface area contributed by atoms with Crippen molar-refractivity contribution < 1.29 is 9.69 Å². The number of benzene rings is 2. The van der Waals surface area contributed by atoms with Gasteiger partial charge >= 0.3 is 0 Å². The standard InChI is InChI=1S/C20H21ClN2O/c1-15(20(24)22-19-10-6-5-9-18(19)21)23-13-11-17(12-14-23)16-7-3-2-4-8-16/h2-11,15H,12-14H2,1H3,(H,22,24)/p+1/t15-/m0/s1. The highest BCUT2D eigenvalue weighted by molar-refractivity contribution is 6.33. The van der Waals surface area contributed by atoms with Crippen LogP contribution in [0.25, 0.3) is 5.57 Å². The van der Waals surface area contributed by atoms with E-state index in [1.165, 1.54) is 16.0 Å². The summed E-state index contributed by atoms with van der Waals surface area (Å²) >= 11 is 6.11. The molecule has 1 aliphatic rings. The predicted molar refractivity (Wildman–Crippen MR) is 99.3 cm³/mol. The van der Waals surface area contributed by atoms with Gasteiger partial charge in [0.05, 0.1) is 23.8 Å². The second kappa shape index (κ2) is 7.65. The van der Waals surface area contributed by atoms with Crippen molar-refractivity contribution in [1.29, 1.82) is 0 Å². The number of hydrogen-bond donors (Lipinski definition) is 2. The highest BCUT2D eigenvalue weighted by atomic mass is 35.5. The van der Waals surface area contributed by atoms with E-state index in [4.69, 9.17) is 11.6 Å². The van der Waals surface area contributed by atoms with Crippen LogP contribution in [0, 0.1) is 0 Å². The van der Waals surface area contributed by atoms with Crippen LogP contribution in [-0.4, -0.2) is 25.0 Å². The van der Waals surface area contributed by atoms with E-state index in [2.05, 4.69) is 35.7 Å². The van der Waals surface area contributed by atoms with Crippen LogP contribution in [0.3, 0.4) is 0 Å². The lowest BCUT2D eigenvalue weighted by atomic mass is 9.99. The van der Waals surface area contributed by atoms with Gasteiger partial charge in [-0.15, -0.1) is 0 Å². The second-order valence-electron chi connectivity index (χ2n) is 6.15. The number of nitrogens with one attached hydrogen (secondary N) is 2. The molecule has 2 aromatic rings. The molecule has 0 bridgehead atoms. The van der Waals surface area contributed by atoms with Gasteiger partial charge < -0.3 is 10.2 Å². The maximum Gasteiger partial charge on any atom is 0.282 e. The average molecular weight is 342 g/mol. The van der Waals surface area contributed by atoms with Crippen molar-refractivity contribution in [1.82, 2.24) is 0 Å². The molecule has 0 fully saturated rings. The molecule has 4 heteroatoms. The zero-order valence-electron chi connectivity index (χ0n) is 13.8. The van der Waals surface area contributed by atoms with E-state index < -0.39 is 0 Å². The summed E-state index contributed by atoms with van der Waals surface area (Å²) in [6, 6.07) is 17.7. The largest absolute Gasteiger partial charge is 0.321 e. The molecular formula is C20H22ClN2O+. The molecule has 3 nitrogen and oxygen atoms in total. The van der Waals surface area contributed by atoms with E-state index in [1.54, 1.807) is 6.07 Å². The van der Waals surface area contributed by atoms with Crippen LogP contribution >= 0.6 is 11.6 Å². The molecule has 2 N–H and O–H groups in total. The first-order valence-electron chi connectivity index (χ1n) is 8.29. The number of para-hydroxylation sites is 1. The fourth-order valence-electron chi connectivity index (χ4n) is 3.05. The third kappa shape index (κ3) is 3.86. The van der Waals surface area contributed by atoms with Crippen LogP contribution in [0.2, 0.25) is 5.02 Å². The molecule has 2 aromatic carbocycles. The van der Waals surface area contributed by atoms with Gasteiger partial charge in [-0.05, 0) is 36.3 Å². The first-order valence-corrected chi connectivity index (χ1v) is 8.67. The molecule has 0 radical (unpaired) electrons. The number of amides is 1.